The zero-order valence-corrected chi connectivity index (χ0v) is 15.6. The van der Waals surface area contributed by atoms with Crippen molar-refractivity contribution in [1.29, 1.82) is 0 Å². The largest absolute Gasteiger partial charge is 0.477 e. The van der Waals surface area contributed by atoms with Crippen molar-refractivity contribution >= 4 is 33.0 Å². The Kier molecular flexibility index (Phi) is 5.11. The van der Waals surface area contributed by atoms with Gasteiger partial charge in [0.15, 0.2) is 0 Å². The number of carboxylic acids is 1. The van der Waals surface area contributed by atoms with Crippen LogP contribution in [0.4, 0.5) is 5.69 Å². The van der Waals surface area contributed by atoms with Gasteiger partial charge in [-0.3, -0.25) is 4.72 Å². The van der Waals surface area contributed by atoms with Crippen LogP contribution in [-0.2, 0) is 16.4 Å². The van der Waals surface area contributed by atoms with Crippen molar-refractivity contribution < 1.29 is 18.3 Å². The van der Waals surface area contributed by atoms with Crippen molar-refractivity contribution in [2.24, 2.45) is 0 Å². The minimum Gasteiger partial charge on any atom is -0.477 e. The maximum atomic E-state index is 12.7. The molecule has 7 heteroatoms. The fourth-order valence-electron chi connectivity index (χ4n) is 2.70. The Labute approximate surface area is 156 Å². The lowest BCUT2D eigenvalue weighted by molar-refractivity contribution is 0.0703. The molecule has 0 saturated heterocycles. The number of aryl methyl sites for hydroxylation is 1. The van der Waals surface area contributed by atoms with E-state index in [1.165, 1.54) is 17.5 Å². The van der Waals surface area contributed by atoms with Crippen LogP contribution in [0.3, 0.4) is 0 Å². The van der Waals surface area contributed by atoms with E-state index in [0.29, 0.717) is 0 Å². The monoisotopic (exact) mass is 387 g/mol. The van der Waals surface area contributed by atoms with E-state index >= 15 is 0 Å². The molecule has 0 amide bonds. The van der Waals surface area contributed by atoms with Crippen molar-refractivity contribution in [3.05, 3.63) is 70.4 Å². The van der Waals surface area contributed by atoms with Gasteiger partial charge < -0.3 is 5.11 Å². The SMILES string of the molecule is CCc1ccccc1-c1cccc(S(=O)(=O)Nc2ccsc2C(=O)O)c1. The number of nitrogens with one attached hydrogen (secondary N) is 1. The first-order valence-corrected chi connectivity index (χ1v) is 10.3. The van der Waals surface area contributed by atoms with E-state index in [9.17, 15) is 13.2 Å². The molecule has 0 aliphatic rings. The van der Waals surface area contributed by atoms with Gasteiger partial charge in [-0.25, -0.2) is 13.2 Å². The van der Waals surface area contributed by atoms with Crippen molar-refractivity contribution in [2.75, 3.05) is 4.72 Å². The summed E-state index contributed by atoms with van der Waals surface area (Å²) in [6, 6.07) is 15.9. The molecule has 3 rings (SSSR count). The van der Waals surface area contributed by atoms with Crippen LogP contribution in [0.15, 0.2) is 64.9 Å². The Morgan fingerprint density at radius 3 is 2.62 bits per heavy atom. The number of hydrogen-bond acceptors (Lipinski definition) is 4. The number of aromatic carboxylic acids is 1. The highest BCUT2D eigenvalue weighted by Gasteiger charge is 2.20. The highest BCUT2D eigenvalue weighted by Crippen LogP contribution is 2.29. The molecule has 0 saturated carbocycles. The third kappa shape index (κ3) is 3.63. The first-order chi connectivity index (χ1) is 12.4. The lowest BCUT2D eigenvalue weighted by atomic mass is 9.98. The normalized spacial score (nSPS) is 11.3. The van der Waals surface area contributed by atoms with E-state index in [0.717, 1.165) is 34.4 Å². The average molecular weight is 387 g/mol. The summed E-state index contributed by atoms with van der Waals surface area (Å²) in [5, 5.41) is 10.7. The van der Waals surface area contributed by atoms with Gasteiger partial charge in [0.05, 0.1) is 10.6 Å². The van der Waals surface area contributed by atoms with Crippen molar-refractivity contribution in [1.82, 2.24) is 0 Å². The third-order valence-corrected chi connectivity index (χ3v) is 6.22. The molecule has 1 heterocycles. The number of sulfonamides is 1. The molecule has 0 atom stereocenters. The summed E-state index contributed by atoms with van der Waals surface area (Å²) >= 11 is 0.972. The minimum atomic E-state index is -3.90. The first-order valence-electron chi connectivity index (χ1n) is 7.94. The number of thiophene rings is 1. The smallest absolute Gasteiger partial charge is 0.348 e. The van der Waals surface area contributed by atoms with Crippen LogP contribution in [0, 0.1) is 0 Å². The second-order valence-electron chi connectivity index (χ2n) is 5.61. The van der Waals surface area contributed by atoms with Crippen LogP contribution in [0.5, 0.6) is 0 Å². The lowest BCUT2D eigenvalue weighted by Gasteiger charge is -2.11. The molecule has 2 aromatic carbocycles. The van der Waals surface area contributed by atoms with Crippen LogP contribution < -0.4 is 4.72 Å². The molecule has 26 heavy (non-hydrogen) atoms. The molecule has 0 radical (unpaired) electrons. The van der Waals surface area contributed by atoms with Gasteiger partial charge >= 0.3 is 5.97 Å². The Morgan fingerprint density at radius 2 is 1.88 bits per heavy atom. The standard InChI is InChI=1S/C19H17NO4S2/c1-2-13-6-3-4-9-16(13)14-7-5-8-15(12-14)26(23,24)20-17-10-11-25-18(17)19(21)22/h3-12,20H,2H2,1H3,(H,21,22). The molecular formula is C19H17NO4S2. The molecule has 5 nitrogen and oxygen atoms in total. The molecular weight excluding hydrogens is 370 g/mol. The summed E-state index contributed by atoms with van der Waals surface area (Å²) in [5.74, 6) is -1.16. The number of rotatable bonds is 6. The van der Waals surface area contributed by atoms with E-state index in [2.05, 4.69) is 4.72 Å². The second-order valence-corrected chi connectivity index (χ2v) is 8.21. The third-order valence-electron chi connectivity index (χ3n) is 3.96. The number of hydrogen-bond donors (Lipinski definition) is 2. The molecule has 134 valence electrons. The van der Waals surface area contributed by atoms with Crippen molar-refractivity contribution in [2.45, 2.75) is 18.2 Å². The molecule has 1 aromatic heterocycles. The first kappa shape index (κ1) is 18.2. The molecule has 3 aromatic rings. The maximum absolute atomic E-state index is 12.7. The maximum Gasteiger partial charge on any atom is 0.348 e. The van der Waals surface area contributed by atoms with Crippen LogP contribution in [-0.4, -0.2) is 19.5 Å². The molecule has 0 fully saturated rings. The van der Waals surface area contributed by atoms with Crippen molar-refractivity contribution in [3.8, 4) is 11.1 Å². The fraction of sp³-hybridized carbons (Fsp3) is 0.105. The number of anilines is 1. The average Bonchev–Trinajstić information content (AvgIpc) is 3.09. The Morgan fingerprint density at radius 1 is 1.12 bits per heavy atom. The van der Waals surface area contributed by atoms with Gasteiger partial charge in [0.2, 0.25) is 0 Å². The van der Waals surface area contributed by atoms with E-state index in [-0.39, 0.29) is 15.5 Å². The summed E-state index contributed by atoms with van der Waals surface area (Å²) in [6.45, 7) is 2.05. The number of benzene rings is 2. The Bertz CT molecular complexity index is 1050. The fourth-order valence-corrected chi connectivity index (χ4v) is 4.57. The summed E-state index contributed by atoms with van der Waals surface area (Å²) < 4.78 is 27.8. The van der Waals surface area contributed by atoms with Crippen LogP contribution in [0.1, 0.15) is 22.2 Å². The molecule has 0 bridgehead atoms. The second kappa shape index (κ2) is 7.31. The van der Waals surface area contributed by atoms with Gasteiger partial charge in [0.1, 0.15) is 4.88 Å². The van der Waals surface area contributed by atoms with E-state index in [1.54, 1.807) is 12.1 Å². The van der Waals surface area contributed by atoms with Gasteiger partial charge in [-0.05, 0) is 46.7 Å². The molecule has 0 aliphatic heterocycles. The zero-order chi connectivity index (χ0) is 18.7. The highest BCUT2D eigenvalue weighted by molar-refractivity contribution is 7.92. The lowest BCUT2D eigenvalue weighted by Crippen LogP contribution is -2.14. The highest BCUT2D eigenvalue weighted by atomic mass is 32.2. The minimum absolute atomic E-state index is 0.0407. The topological polar surface area (TPSA) is 83.5 Å². The summed E-state index contributed by atoms with van der Waals surface area (Å²) in [4.78, 5) is 11.2. The van der Waals surface area contributed by atoms with Gasteiger partial charge in [0, 0.05) is 0 Å². The molecule has 0 unspecified atom stereocenters. The molecule has 2 N–H and O–H groups in total. The molecule has 0 spiro atoms. The quantitative estimate of drug-likeness (QED) is 0.653. The van der Waals surface area contributed by atoms with Gasteiger partial charge in [-0.2, -0.15) is 0 Å². The van der Waals surface area contributed by atoms with Crippen LogP contribution in [0.2, 0.25) is 0 Å². The van der Waals surface area contributed by atoms with Crippen LogP contribution in [0.25, 0.3) is 11.1 Å². The number of carboxylic acid groups (broad SMARTS) is 1. The van der Waals surface area contributed by atoms with Crippen molar-refractivity contribution in [3.63, 3.8) is 0 Å². The van der Waals surface area contributed by atoms with Gasteiger partial charge in [0.25, 0.3) is 10.0 Å². The summed E-state index contributed by atoms with van der Waals surface area (Å²) in [7, 11) is -3.90. The van der Waals surface area contributed by atoms with E-state index in [4.69, 9.17) is 5.11 Å². The Hall–Kier alpha value is -2.64. The predicted molar refractivity (Wildman–Crippen MR) is 103 cm³/mol. The Balaban J connectivity index is 1.99. The van der Waals surface area contributed by atoms with Gasteiger partial charge in [-0.1, -0.05) is 43.3 Å². The molecule has 0 aliphatic carbocycles. The predicted octanol–water partition coefficient (Wildman–Crippen LogP) is 4.48. The van der Waals surface area contributed by atoms with E-state index in [1.807, 2.05) is 37.3 Å². The summed E-state index contributed by atoms with van der Waals surface area (Å²) in [6.07, 6.45) is 0.836. The van der Waals surface area contributed by atoms with Crippen LogP contribution >= 0.6 is 11.3 Å². The van der Waals surface area contributed by atoms with E-state index < -0.39 is 16.0 Å². The van der Waals surface area contributed by atoms with Gasteiger partial charge in [-0.15, -0.1) is 11.3 Å². The zero-order valence-electron chi connectivity index (χ0n) is 14.0. The number of carbonyl (C=O) groups is 1. The summed E-state index contributed by atoms with van der Waals surface area (Å²) in [5.41, 5.74) is 2.98.